The maximum absolute atomic E-state index is 13.1. The number of hydrogen-bond donors (Lipinski definition) is 2. The SMILES string of the molecule is CCC(CC1CC1)Nc1ccc(C(N)=S)c(C(F)(F)F)c1. The molecule has 6 heteroatoms. The van der Waals surface area contributed by atoms with Crippen molar-refractivity contribution in [2.45, 2.75) is 44.8 Å². The first kappa shape index (κ1) is 16.1. The summed E-state index contributed by atoms with van der Waals surface area (Å²) in [5.41, 5.74) is 4.94. The van der Waals surface area contributed by atoms with Crippen LogP contribution in [0.5, 0.6) is 0 Å². The van der Waals surface area contributed by atoms with Gasteiger partial charge in [0.05, 0.1) is 5.56 Å². The van der Waals surface area contributed by atoms with E-state index >= 15 is 0 Å². The van der Waals surface area contributed by atoms with Crippen molar-refractivity contribution in [1.29, 1.82) is 0 Å². The van der Waals surface area contributed by atoms with Crippen LogP contribution in [0.1, 0.15) is 43.7 Å². The molecule has 0 spiro atoms. The predicted molar refractivity (Wildman–Crippen MR) is 82.4 cm³/mol. The van der Waals surface area contributed by atoms with Crippen LogP contribution in [-0.2, 0) is 6.18 Å². The maximum atomic E-state index is 13.1. The molecule has 0 aliphatic heterocycles. The Balaban J connectivity index is 2.21. The normalized spacial score (nSPS) is 16.6. The fraction of sp³-hybridized carbons (Fsp3) is 0.533. The highest BCUT2D eigenvalue weighted by atomic mass is 32.1. The fourth-order valence-electron chi connectivity index (χ4n) is 2.40. The van der Waals surface area contributed by atoms with Crippen LogP contribution in [0.15, 0.2) is 18.2 Å². The molecular formula is C15H19F3N2S. The van der Waals surface area contributed by atoms with Crippen LogP contribution in [0.2, 0.25) is 0 Å². The van der Waals surface area contributed by atoms with E-state index in [1.54, 1.807) is 6.07 Å². The van der Waals surface area contributed by atoms with E-state index in [9.17, 15) is 13.2 Å². The number of hydrogen-bond acceptors (Lipinski definition) is 2. The number of nitrogens with two attached hydrogens (primary N) is 1. The van der Waals surface area contributed by atoms with E-state index < -0.39 is 11.7 Å². The van der Waals surface area contributed by atoms with Crippen molar-refractivity contribution in [3.05, 3.63) is 29.3 Å². The summed E-state index contributed by atoms with van der Waals surface area (Å²) in [5.74, 6) is 0.723. The second kappa shape index (κ2) is 6.22. The molecule has 1 unspecified atom stereocenters. The Bertz CT molecular complexity index is 524. The highest BCUT2D eigenvalue weighted by Crippen LogP contribution is 2.36. The largest absolute Gasteiger partial charge is 0.417 e. The molecule has 1 aromatic rings. The summed E-state index contributed by atoms with van der Waals surface area (Å²) in [6, 6.07) is 4.26. The van der Waals surface area contributed by atoms with Crippen molar-refractivity contribution < 1.29 is 13.2 Å². The third-order valence-corrected chi connectivity index (χ3v) is 3.99. The minimum atomic E-state index is -4.46. The summed E-state index contributed by atoms with van der Waals surface area (Å²) >= 11 is 4.70. The van der Waals surface area contributed by atoms with Crippen LogP contribution >= 0.6 is 12.2 Å². The highest BCUT2D eigenvalue weighted by Gasteiger charge is 2.34. The summed E-state index contributed by atoms with van der Waals surface area (Å²) < 4.78 is 39.3. The molecule has 3 N–H and O–H groups in total. The quantitative estimate of drug-likeness (QED) is 0.767. The standard InChI is InChI=1S/C15H19F3N2S/c1-2-10(7-9-3-4-9)20-11-5-6-12(14(19)21)13(8-11)15(16,17)18/h5-6,8-10,20H,2-4,7H2,1H3,(H2,19,21). The van der Waals surface area contributed by atoms with E-state index in [-0.39, 0.29) is 16.6 Å². The second-order valence-electron chi connectivity index (χ2n) is 5.55. The van der Waals surface area contributed by atoms with Gasteiger partial charge in [0, 0.05) is 17.3 Å². The van der Waals surface area contributed by atoms with Gasteiger partial charge in [0.15, 0.2) is 0 Å². The molecule has 1 aliphatic rings. The summed E-state index contributed by atoms with van der Waals surface area (Å²) in [7, 11) is 0. The van der Waals surface area contributed by atoms with Gasteiger partial charge in [-0.05, 0) is 37.0 Å². The zero-order valence-corrected chi connectivity index (χ0v) is 12.7. The van der Waals surface area contributed by atoms with Gasteiger partial charge in [0.25, 0.3) is 0 Å². The fourth-order valence-corrected chi connectivity index (χ4v) is 2.58. The molecule has 0 bridgehead atoms. The van der Waals surface area contributed by atoms with Gasteiger partial charge in [0.1, 0.15) is 4.99 Å². The average Bonchev–Trinajstić information content (AvgIpc) is 3.20. The Hall–Kier alpha value is -1.30. The lowest BCUT2D eigenvalue weighted by atomic mass is 10.0. The molecule has 2 rings (SSSR count). The Kier molecular flexibility index (Phi) is 4.76. The number of halogens is 3. The predicted octanol–water partition coefficient (Wildman–Crippen LogP) is 4.33. The summed E-state index contributed by atoms with van der Waals surface area (Å²) in [4.78, 5) is -0.237. The molecule has 0 aromatic heterocycles. The smallest absolute Gasteiger partial charge is 0.389 e. The van der Waals surface area contributed by atoms with E-state index in [1.165, 1.54) is 18.9 Å². The van der Waals surface area contributed by atoms with Crippen molar-refractivity contribution in [2.24, 2.45) is 11.7 Å². The van der Waals surface area contributed by atoms with Crippen LogP contribution in [0, 0.1) is 5.92 Å². The number of thiocarbonyl (C=S) groups is 1. The molecule has 1 aromatic carbocycles. The number of anilines is 1. The molecule has 0 heterocycles. The van der Waals surface area contributed by atoms with E-state index in [0.717, 1.165) is 24.8 Å². The summed E-state index contributed by atoms with van der Waals surface area (Å²) in [6.45, 7) is 2.04. The Morgan fingerprint density at radius 2 is 2.10 bits per heavy atom. The molecule has 116 valence electrons. The molecular weight excluding hydrogens is 297 g/mol. The van der Waals surface area contributed by atoms with E-state index in [2.05, 4.69) is 5.32 Å². The van der Waals surface area contributed by atoms with Gasteiger partial charge in [-0.25, -0.2) is 0 Å². The van der Waals surface area contributed by atoms with Gasteiger partial charge in [-0.15, -0.1) is 0 Å². The van der Waals surface area contributed by atoms with Crippen molar-refractivity contribution in [3.8, 4) is 0 Å². The van der Waals surface area contributed by atoms with Crippen LogP contribution in [0.3, 0.4) is 0 Å². The van der Waals surface area contributed by atoms with Gasteiger partial charge in [-0.1, -0.05) is 32.0 Å². The summed E-state index contributed by atoms with van der Waals surface area (Å²) in [5, 5.41) is 3.19. The van der Waals surface area contributed by atoms with Gasteiger partial charge < -0.3 is 11.1 Å². The first-order chi connectivity index (χ1) is 9.81. The maximum Gasteiger partial charge on any atom is 0.417 e. The van der Waals surface area contributed by atoms with Crippen LogP contribution in [0.25, 0.3) is 0 Å². The topological polar surface area (TPSA) is 38.0 Å². The molecule has 0 saturated heterocycles. The Morgan fingerprint density at radius 1 is 1.43 bits per heavy atom. The third kappa shape index (κ3) is 4.33. The molecule has 1 saturated carbocycles. The molecule has 1 fully saturated rings. The molecule has 2 nitrogen and oxygen atoms in total. The first-order valence-corrected chi connectivity index (χ1v) is 7.49. The van der Waals surface area contributed by atoms with Crippen molar-refractivity contribution in [1.82, 2.24) is 0 Å². The third-order valence-electron chi connectivity index (χ3n) is 3.77. The Morgan fingerprint density at radius 3 is 2.57 bits per heavy atom. The number of alkyl halides is 3. The van der Waals surface area contributed by atoms with Gasteiger partial charge in [-0.2, -0.15) is 13.2 Å². The molecule has 21 heavy (non-hydrogen) atoms. The zero-order valence-electron chi connectivity index (χ0n) is 11.8. The Labute approximate surface area is 127 Å². The van der Waals surface area contributed by atoms with E-state index in [0.29, 0.717) is 5.69 Å². The number of nitrogens with one attached hydrogen (secondary N) is 1. The minimum absolute atomic E-state index is 0.127. The molecule has 1 aliphatic carbocycles. The lowest BCUT2D eigenvalue weighted by molar-refractivity contribution is -0.137. The number of rotatable bonds is 6. The van der Waals surface area contributed by atoms with E-state index in [1.807, 2.05) is 6.92 Å². The highest BCUT2D eigenvalue weighted by molar-refractivity contribution is 7.80. The van der Waals surface area contributed by atoms with Gasteiger partial charge >= 0.3 is 6.18 Å². The van der Waals surface area contributed by atoms with Crippen LogP contribution in [-0.4, -0.2) is 11.0 Å². The first-order valence-electron chi connectivity index (χ1n) is 7.08. The van der Waals surface area contributed by atoms with Gasteiger partial charge in [-0.3, -0.25) is 0 Å². The molecule has 0 amide bonds. The molecule has 1 atom stereocenters. The second-order valence-corrected chi connectivity index (χ2v) is 5.99. The summed E-state index contributed by atoms with van der Waals surface area (Å²) in [6.07, 6.45) is -0.114. The van der Waals surface area contributed by atoms with Crippen molar-refractivity contribution in [2.75, 3.05) is 5.32 Å². The molecule has 0 radical (unpaired) electrons. The number of benzene rings is 1. The monoisotopic (exact) mass is 316 g/mol. The average molecular weight is 316 g/mol. The van der Waals surface area contributed by atoms with Gasteiger partial charge in [0.2, 0.25) is 0 Å². The van der Waals surface area contributed by atoms with E-state index in [4.69, 9.17) is 18.0 Å². The minimum Gasteiger partial charge on any atom is -0.389 e. The van der Waals surface area contributed by atoms with Crippen LogP contribution < -0.4 is 11.1 Å². The lowest BCUT2D eigenvalue weighted by Crippen LogP contribution is -2.21. The van der Waals surface area contributed by atoms with Crippen molar-refractivity contribution in [3.63, 3.8) is 0 Å². The lowest BCUT2D eigenvalue weighted by Gasteiger charge is -2.20. The van der Waals surface area contributed by atoms with Crippen LogP contribution in [0.4, 0.5) is 18.9 Å². The zero-order chi connectivity index (χ0) is 15.6. The van der Waals surface area contributed by atoms with Crippen molar-refractivity contribution >= 4 is 22.9 Å².